The maximum absolute atomic E-state index is 4.63. The van der Waals surface area contributed by atoms with Crippen molar-refractivity contribution in [3.05, 3.63) is 41.6 Å². The van der Waals surface area contributed by atoms with Gasteiger partial charge in [-0.2, -0.15) is 4.98 Å². The average Bonchev–Trinajstić information content (AvgIpc) is 2.46. The van der Waals surface area contributed by atoms with Gasteiger partial charge >= 0.3 is 0 Å². The van der Waals surface area contributed by atoms with E-state index in [2.05, 4.69) is 47.1 Å². The number of rotatable bonds is 6. The van der Waals surface area contributed by atoms with E-state index in [4.69, 9.17) is 0 Å². The van der Waals surface area contributed by atoms with Crippen LogP contribution in [0.5, 0.6) is 0 Å². The summed E-state index contributed by atoms with van der Waals surface area (Å²) in [7, 11) is 2.08. The van der Waals surface area contributed by atoms with Crippen molar-refractivity contribution in [1.29, 1.82) is 0 Å². The first-order chi connectivity index (χ1) is 10.1. The van der Waals surface area contributed by atoms with E-state index in [1.54, 1.807) is 0 Å². The third kappa shape index (κ3) is 4.18. The third-order valence-electron chi connectivity index (χ3n) is 3.47. The third-order valence-corrected chi connectivity index (χ3v) is 3.47. The average molecular weight is 284 g/mol. The van der Waals surface area contributed by atoms with Gasteiger partial charge in [0.2, 0.25) is 5.95 Å². The Hall–Kier alpha value is -2.10. The Bertz CT molecular complexity index is 595. The largest absolute Gasteiger partial charge is 0.360 e. The number of aryl methyl sites for hydroxylation is 2. The zero-order valence-corrected chi connectivity index (χ0v) is 13.3. The highest BCUT2D eigenvalue weighted by Gasteiger charge is 2.07. The van der Waals surface area contributed by atoms with Crippen molar-refractivity contribution in [3.63, 3.8) is 0 Å². The molecule has 1 heterocycles. The standard InChI is InChI=1S/C17H24N4/c1-5-6-11-21(4)16-12-14(3)18-17(20-16)19-15-10-8-7-9-13(15)2/h7-10,12H,5-6,11H2,1-4H3,(H,18,19,20). The molecule has 4 nitrogen and oxygen atoms in total. The molecule has 1 aromatic heterocycles. The first kappa shape index (κ1) is 15.3. The molecule has 1 aromatic carbocycles. The molecule has 0 aliphatic heterocycles. The van der Waals surface area contributed by atoms with Crippen molar-refractivity contribution in [2.24, 2.45) is 0 Å². The second-order valence-electron chi connectivity index (χ2n) is 5.41. The van der Waals surface area contributed by atoms with Crippen molar-refractivity contribution < 1.29 is 0 Å². The minimum atomic E-state index is 0.655. The van der Waals surface area contributed by atoms with E-state index in [1.165, 1.54) is 18.4 Å². The Morgan fingerprint density at radius 3 is 2.62 bits per heavy atom. The first-order valence-corrected chi connectivity index (χ1v) is 7.49. The summed E-state index contributed by atoms with van der Waals surface area (Å²) in [6, 6.07) is 10.2. The molecule has 0 aliphatic carbocycles. The van der Waals surface area contributed by atoms with Crippen LogP contribution in [0.4, 0.5) is 17.5 Å². The highest BCUT2D eigenvalue weighted by molar-refractivity contribution is 5.59. The van der Waals surface area contributed by atoms with Crippen LogP contribution in [-0.4, -0.2) is 23.6 Å². The lowest BCUT2D eigenvalue weighted by Crippen LogP contribution is -2.20. The highest BCUT2D eigenvalue weighted by atomic mass is 15.2. The van der Waals surface area contributed by atoms with Crippen LogP contribution in [0.2, 0.25) is 0 Å². The molecule has 0 aliphatic rings. The lowest BCUT2D eigenvalue weighted by molar-refractivity contribution is 0.758. The van der Waals surface area contributed by atoms with Crippen LogP contribution in [0.1, 0.15) is 31.0 Å². The molecular weight excluding hydrogens is 260 g/mol. The van der Waals surface area contributed by atoms with Gasteiger partial charge < -0.3 is 10.2 Å². The van der Waals surface area contributed by atoms with Crippen LogP contribution >= 0.6 is 0 Å². The van der Waals surface area contributed by atoms with Crippen molar-refractivity contribution in [3.8, 4) is 0 Å². The van der Waals surface area contributed by atoms with Gasteiger partial charge in [-0.25, -0.2) is 4.98 Å². The molecule has 21 heavy (non-hydrogen) atoms. The summed E-state index contributed by atoms with van der Waals surface area (Å²) in [6.45, 7) is 7.29. The highest BCUT2D eigenvalue weighted by Crippen LogP contribution is 2.20. The van der Waals surface area contributed by atoms with Gasteiger partial charge in [0.05, 0.1) is 0 Å². The second kappa shape index (κ2) is 7.07. The Labute approximate surface area is 127 Å². The number of hydrogen-bond donors (Lipinski definition) is 1. The van der Waals surface area contributed by atoms with Gasteiger partial charge in [0.15, 0.2) is 0 Å². The molecule has 4 heteroatoms. The summed E-state index contributed by atoms with van der Waals surface area (Å²) in [6.07, 6.45) is 2.35. The predicted molar refractivity (Wildman–Crippen MR) is 89.4 cm³/mol. The van der Waals surface area contributed by atoms with Crippen LogP contribution in [0, 0.1) is 13.8 Å². The molecule has 1 N–H and O–H groups in total. The van der Waals surface area contributed by atoms with Crippen LogP contribution < -0.4 is 10.2 Å². The monoisotopic (exact) mass is 284 g/mol. The minimum Gasteiger partial charge on any atom is -0.360 e. The van der Waals surface area contributed by atoms with Crippen molar-refractivity contribution in [2.45, 2.75) is 33.6 Å². The normalized spacial score (nSPS) is 10.5. The van der Waals surface area contributed by atoms with E-state index in [1.807, 2.05) is 31.2 Å². The summed E-state index contributed by atoms with van der Waals surface area (Å²) in [5.74, 6) is 1.62. The van der Waals surface area contributed by atoms with Crippen LogP contribution in [-0.2, 0) is 0 Å². The molecule has 0 unspecified atom stereocenters. The summed E-state index contributed by atoms with van der Waals surface area (Å²) in [5.41, 5.74) is 3.20. The van der Waals surface area contributed by atoms with Gasteiger partial charge in [0.25, 0.3) is 0 Å². The number of anilines is 3. The number of hydrogen-bond acceptors (Lipinski definition) is 4. The van der Waals surface area contributed by atoms with Crippen molar-refractivity contribution in [1.82, 2.24) is 9.97 Å². The fourth-order valence-corrected chi connectivity index (χ4v) is 2.15. The number of nitrogens with one attached hydrogen (secondary N) is 1. The van der Waals surface area contributed by atoms with Crippen molar-refractivity contribution >= 4 is 17.5 Å². The van der Waals surface area contributed by atoms with Gasteiger partial charge in [-0.15, -0.1) is 0 Å². The SMILES string of the molecule is CCCCN(C)c1cc(C)nc(Nc2ccccc2C)n1. The van der Waals surface area contributed by atoms with E-state index in [9.17, 15) is 0 Å². The number of para-hydroxylation sites is 1. The molecule has 0 radical (unpaired) electrons. The number of aromatic nitrogens is 2. The quantitative estimate of drug-likeness (QED) is 0.868. The molecule has 112 valence electrons. The Balaban J connectivity index is 2.21. The molecule has 0 amide bonds. The van der Waals surface area contributed by atoms with Crippen molar-refractivity contribution in [2.75, 3.05) is 23.8 Å². The van der Waals surface area contributed by atoms with Gasteiger partial charge in [-0.1, -0.05) is 31.5 Å². The molecule has 0 atom stereocenters. The molecule has 2 aromatic rings. The van der Waals surface area contributed by atoms with Gasteiger partial charge in [0.1, 0.15) is 5.82 Å². The Morgan fingerprint density at radius 2 is 1.90 bits per heavy atom. The zero-order valence-electron chi connectivity index (χ0n) is 13.3. The molecule has 0 spiro atoms. The van der Waals surface area contributed by atoms with Gasteiger partial charge in [-0.05, 0) is 31.9 Å². The smallest absolute Gasteiger partial charge is 0.229 e. The lowest BCUT2D eigenvalue weighted by atomic mass is 10.2. The maximum atomic E-state index is 4.63. The fraction of sp³-hybridized carbons (Fsp3) is 0.412. The van der Waals surface area contributed by atoms with Crippen LogP contribution in [0.15, 0.2) is 30.3 Å². The second-order valence-corrected chi connectivity index (χ2v) is 5.41. The topological polar surface area (TPSA) is 41.1 Å². The molecule has 2 rings (SSSR count). The van der Waals surface area contributed by atoms with E-state index in [0.717, 1.165) is 23.7 Å². The van der Waals surface area contributed by atoms with Gasteiger partial charge in [0, 0.05) is 31.0 Å². The maximum Gasteiger partial charge on any atom is 0.229 e. The summed E-state index contributed by atoms with van der Waals surface area (Å²) in [4.78, 5) is 11.3. The van der Waals surface area contributed by atoms with Crippen LogP contribution in [0.3, 0.4) is 0 Å². The molecule has 0 fully saturated rings. The van der Waals surface area contributed by atoms with E-state index < -0.39 is 0 Å². The van der Waals surface area contributed by atoms with Gasteiger partial charge in [-0.3, -0.25) is 0 Å². The predicted octanol–water partition coefficient (Wildman–Crippen LogP) is 4.07. The lowest BCUT2D eigenvalue weighted by Gasteiger charge is -2.19. The molecule has 0 saturated heterocycles. The number of unbranched alkanes of at least 4 members (excludes halogenated alkanes) is 1. The Morgan fingerprint density at radius 1 is 1.14 bits per heavy atom. The van der Waals surface area contributed by atoms with E-state index in [0.29, 0.717) is 5.95 Å². The minimum absolute atomic E-state index is 0.655. The fourth-order valence-electron chi connectivity index (χ4n) is 2.15. The number of benzene rings is 1. The first-order valence-electron chi connectivity index (χ1n) is 7.49. The van der Waals surface area contributed by atoms with E-state index in [-0.39, 0.29) is 0 Å². The molecule has 0 bridgehead atoms. The van der Waals surface area contributed by atoms with Crippen LogP contribution in [0.25, 0.3) is 0 Å². The Kier molecular flexibility index (Phi) is 5.14. The summed E-state index contributed by atoms with van der Waals surface area (Å²) < 4.78 is 0. The zero-order chi connectivity index (χ0) is 15.2. The van der Waals surface area contributed by atoms with E-state index >= 15 is 0 Å². The molecule has 0 saturated carbocycles. The summed E-state index contributed by atoms with van der Waals surface area (Å²) >= 11 is 0. The molecular formula is C17H24N4. The summed E-state index contributed by atoms with van der Waals surface area (Å²) in [5, 5.41) is 3.32. The number of nitrogens with zero attached hydrogens (tertiary/aromatic N) is 3.